The highest BCUT2D eigenvalue weighted by Crippen LogP contribution is 2.37. The van der Waals surface area contributed by atoms with E-state index in [1.165, 1.54) is 6.07 Å². The normalized spacial score (nSPS) is 10.7. The molecular weight excluding hydrogens is 348 g/mol. The van der Waals surface area contributed by atoms with Crippen molar-refractivity contribution in [3.8, 4) is 22.6 Å². The summed E-state index contributed by atoms with van der Waals surface area (Å²) in [5.74, 6) is 1.23. The molecule has 7 nitrogen and oxygen atoms in total. The van der Waals surface area contributed by atoms with Gasteiger partial charge in [0, 0.05) is 38.0 Å². The van der Waals surface area contributed by atoms with Gasteiger partial charge in [-0.15, -0.1) is 0 Å². The van der Waals surface area contributed by atoms with Gasteiger partial charge < -0.3 is 14.2 Å². The summed E-state index contributed by atoms with van der Waals surface area (Å²) in [5, 5.41) is 11.8. The van der Waals surface area contributed by atoms with E-state index < -0.39 is 4.92 Å². The number of nitrogens with zero attached hydrogens (tertiary/aromatic N) is 2. The van der Waals surface area contributed by atoms with Gasteiger partial charge in [0.15, 0.2) is 11.5 Å². The maximum absolute atomic E-state index is 11.3. The Morgan fingerprint density at radius 1 is 1.07 bits per heavy atom. The van der Waals surface area contributed by atoms with Crippen molar-refractivity contribution in [2.24, 2.45) is 0 Å². The van der Waals surface area contributed by atoms with E-state index in [1.807, 2.05) is 18.2 Å². The smallest absolute Gasteiger partial charge is 0.278 e. The monoisotopic (exact) mass is 368 g/mol. The van der Waals surface area contributed by atoms with E-state index in [1.54, 1.807) is 38.6 Å². The number of nitro groups is 1. The summed E-state index contributed by atoms with van der Waals surface area (Å²) in [6.45, 7) is 1.10. The standard InChI is InChI=1S/C20H20N2O5/c1-25-11-4-12-27-19-13-14(6-9-18(19)26-2)15-7-8-17(22(23)24)16-5-3-10-21-20(15)16/h3,5-10,13H,4,11-12H2,1-2H3. The summed E-state index contributed by atoms with van der Waals surface area (Å²) >= 11 is 0. The zero-order valence-corrected chi connectivity index (χ0v) is 15.2. The van der Waals surface area contributed by atoms with Crippen LogP contribution in [0.15, 0.2) is 48.7 Å². The minimum atomic E-state index is -0.397. The van der Waals surface area contributed by atoms with Crippen LogP contribution in [0, 0.1) is 10.1 Å². The molecule has 0 aliphatic rings. The summed E-state index contributed by atoms with van der Waals surface area (Å²) in [5.41, 5.74) is 2.24. The zero-order chi connectivity index (χ0) is 19.2. The number of non-ortho nitro benzene ring substituents is 1. The lowest BCUT2D eigenvalue weighted by atomic mass is 10.0. The number of hydrogen-bond acceptors (Lipinski definition) is 6. The lowest BCUT2D eigenvalue weighted by molar-refractivity contribution is -0.383. The van der Waals surface area contributed by atoms with E-state index in [2.05, 4.69) is 4.98 Å². The second kappa shape index (κ2) is 8.46. The molecule has 0 fully saturated rings. The first-order valence-corrected chi connectivity index (χ1v) is 8.48. The molecule has 140 valence electrons. The van der Waals surface area contributed by atoms with E-state index in [9.17, 15) is 10.1 Å². The van der Waals surface area contributed by atoms with Crippen molar-refractivity contribution < 1.29 is 19.1 Å². The van der Waals surface area contributed by atoms with E-state index in [-0.39, 0.29) is 5.69 Å². The van der Waals surface area contributed by atoms with Crippen molar-refractivity contribution in [1.82, 2.24) is 4.98 Å². The Hall–Kier alpha value is -3.19. The van der Waals surface area contributed by atoms with Crippen LogP contribution in [-0.4, -0.2) is 37.3 Å². The summed E-state index contributed by atoms with van der Waals surface area (Å²) in [6.07, 6.45) is 2.38. The van der Waals surface area contributed by atoms with Crippen LogP contribution in [0.2, 0.25) is 0 Å². The Labute approximate surface area is 156 Å². The quantitative estimate of drug-likeness (QED) is 0.336. The van der Waals surface area contributed by atoms with Crippen molar-refractivity contribution in [2.45, 2.75) is 6.42 Å². The molecule has 0 atom stereocenters. The third-order valence-corrected chi connectivity index (χ3v) is 4.17. The molecule has 27 heavy (non-hydrogen) atoms. The van der Waals surface area contributed by atoms with Gasteiger partial charge in [0.2, 0.25) is 0 Å². The maximum atomic E-state index is 11.3. The van der Waals surface area contributed by atoms with Gasteiger partial charge in [0.05, 0.1) is 29.5 Å². The predicted molar refractivity (Wildman–Crippen MR) is 102 cm³/mol. The molecular formula is C20H20N2O5. The maximum Gasteiger partial charge on any atom is 0.278 e. The van der Waals surface area contributed by atoms with Gasteiger partial charge in [-0.3, -0.25) is 15.1 Å². The average Bonchev–Trinajstić information content (AvgIpc) is 2.70. The van der Waals surface area contributed by atoms with Crippen LogP contribution in [0.3, 0.4) is 0 Å². The number of hydrogen-bond donors (Lipinski definition) is 0. The Morgan fingerprint density at radius 3 is 2.67 bits per heavy atom. The van der Waals surface area contributed by atoms with Crippen LogP contribution in [0.1, 0.15) is 6.42 Å². The van der Waals surface area contributed by atoms with Gasteiger partial charge in [-0.25, -0.2) is 0 Å². The number of methoxy groups -OCH3 is 2. The topological polar surface area (TPSA) is 83.7 Å². The third kappa shape index (κ3) is 3.98. The number of fused-ring (bicyclic) bond motifs is 1. The molecule has 3 aromatic rings. The highest BCUT2D eigenvalue weighted by atomic mass is 16.6. The van der Waals surface area contributed by atoms with Crippen molar-refractivity contribution in [3.05, 3.63) is 58.8 Å². The van der Waals surface area contributed by atoms with E-state index in [0.29, 0.717) is 35.6 Å². The molecule has 0 saturated heterocycles. The Bertz CT molecular complexity index is 958. The second-order valence-electron chi connectivity index (χ2n) is 5.85. The van der Waals surface area contributed by atoms with Gasteiger partial charge in [-0.05, 0) is 35.9 Å². The minimum absolute atomic E-state index is 0.0337. The lowest BCUT2D eigenvalue weighted by Crippen LogP contribution is -2.02. The lowest BCUT2D eigenvalue weighted by Gasteiger charge is -2.13. The molecule has 1 aromatic heterocycles. The van der Waals surface area contributed by atoms with Crippen LogP contribution in [0.4, 0.5) is 5.69 Å². The van der Waals surface area contributed by atoms with Crippen molar-refractivity contribution in [1.29, 1.82) is 0 Å². The zero-order valence-electron chi connectivity index (χ0n) is 15.2. The number of ether oxygens (including phenoxy) is 3. The molecule has 0 radical (unpaired) electrons. The number of rotatable bonds is 8. The first kappa shape index (κ1) is 18.6. The largest absolute Gasteiger partial charge is 0.493 e. The molecule has 0 aliphatic heterocycles. The van der Waals surface area contributed by atoms with Crippen molar-refractivity contribution in [3.63, 3.8) is 0 Å². The van der Waals surface area contributed by atoms with Gasteiger partial charge in [-0.1, -0.05) is 6.07 Å². The Kier molecular flexibility index (Phi) is 5.83. The molecule has 0 N–H and O–H groups in total. The predicted octanol–water partition coefficient (Wildman–Crippen LogP) is 4.23. The molecule has 3 rings (SSSR count). The highest BCUT2D eigenvalue weighted by molar-refractivity contribution is 5.99. The number of pyridine rings is 1. The molecule has 0 amide bonds. The number of aromatic nitrogens is 1. The van der Waals surface area contributed by atoms with Gasteiger partial charge >= 0.3 is 0 Å². The van der Waals surface area contributed by atoms with Crippen LogP contribution >= 0.6 is 0 Å². The molecule has 0 bridgehead atoms. The first-order chi connectivity index (χ1) is 13.2. The highest BCUT2D eigenvalue weighted by Gasteiger charge is 2.17. The molecule has 0 saturated carbocycles. The van der Waals surface area contributed by atoms with Crippen LogP contribution < -0.4 is 9.47 Å². The van der Waals surface area contributed by atoms with Crippen LogP contribution in [0.25, 0.3) is 22.0 Å². The fourth-order valence-electron chi connectivity index (χ4n) is 2.89. The molecule has 0 aliphatic carbocycles. The third-order valence-electron chi connectivity index (χ3n) is 4.17. The average molecular weight is 368 g/mol. The first-order valence-electron chi connectivity index (χ1n) is 8.48. The SMILES string of the molecule is COCCCOc1cc(-c2ccc([N+](=O)[O-])c3cccnc23)ccc1OC. The van der Waals surface area contributed by atoms with Crippen LogP contribution in [0.5, 0.6) is 11.5 Å². The Balaban J connectivity index is 2.03. The fraction of sp³-hybridized carbons (Fsp3) is 0.250. The fourth-order valence-corrected chi connectivity index (χ4v) is 2.89. The number of nitro benzene ring substituents is 1. The molecule has 7 heteroatoms. The van der Waals surface area contributed by atoms with Gasteiger partial charge in [0.25, 0.3) is 5.69 Å². The van der Waals surface area contributed by atoms with Gasteiger partial charge in [-0.2, -0.15) is 0 Å². The molecule has 2 aromatic carbocycles. The number of benzene rings is 2. The van der Waals surface area contributed by atoms with Crippen LogP contribution in [-0.2, 0) is 4.74 Å². The minimum Gasteiger partial charge on any atom is -0.493 e. The van der Waals surface area contributed by atoms with Crippen molar-refractivity contribution >= 4 is 16.6 Å². The second-order valence-corrected chi connectivity index (χ2v) is 5.85. The summed E-state index contributed by atoms with van der Waals surface area (Å²) < 4.78 is 16.2. The molecule has 0 unspecified atom stereocenters. The molecule has 1 heterocycles. The summed E-state index contributed by atoms with van der Waals surface area (Å²) in [4.78, 5) is 15.3. The summed E-state index contributed by atoms with van der Waals surface area (Å²) in [6, 6.07) is 12.2. The van der Waals surface area contributed by atoms with Crippen molar-refractivity contribution in [2.75, 3.05) is 27.4 Å². The summed E-state index contributed by atoms with van der Waals surface area (Å²) in [7, 11) is 3.23. The van der Waals surface area contributed by atoms with E-state index >= 15 is 0 Å². The van der Waals surface area contributed by atoms with E-state index in [0.717, 1.165) is 17.5 Å². The molecule has 0 spiro atoms. The van der Waals surface area contributed by atoms with Gasteiger partial charge in [0.1, 0.15) is 0 Å². The Morgan fingerprint density at radius 2 is 1.93 bits per heavy atom. The van der Waals surface area contributed by atoms with E-state index in [4.69, 9.17) is 14.2 Å².